The summed E-state index contributed by atoms with van der Waals surface area (Å²) in [6.45, 7) is 1.47. The van der Waals surface area contributed by atoms with E-state index in [1.807, 2.05) is 78.9 Å². The highest BCUT2D eigenvalue weighted by atomic mass is 28.4. The zero-order chi connectivity index (χ0) is 29.1. The molecule has 0 saturated heterocycles. The molecule has 6 nitrogen and oxygen atoms in total. The fraction of sp³-hybridized carbons (Fsp3) is 0.0323. The van der Waals surface area contributed by atoms with Crippen molar-refractivity contribution in [2.24, 2.45) is 0 Å². The lowest BCUT2D eigenvalue weighted by Gasteiger charge is -2.18. The predicted molar refractivity (Wildman–Crippen MR) is 167 cm³/mol. The maximum atomic E-state index is 10.2. The van der Waals surface area contributed by atoms with Crippen molar-refractivity contribution in [1.29, 1.82) is 0 Å². The minimum atomic E-state index is -3.46. The van der Waals surface area contributed by atoms with Crippen LogP contribution in [0, 0.1) is 0 Å². The SMILES string of the molecule is C[Si](O)(O)c1ccccc1.O[Si](O)(c1ccccc1)c1ccccc1.O[Si](O)(c1ccccc1)c1ccccc1. The number of hydrogen-bond donors (Lipinski definition) is 6. The van der Waals surface area contributed by atoms with E-state index < -0.39 is 25.7 Å². The monoisotopic (exact) mass is 586 g/mol. The molecule has 6 N–H and O–H groups in total. The average molecular weight is 587 g/mol. The zero-order valence-electron chi connectivity index (χ0n) is 22.1. The Morgan fingerprint density at radius 1 is 0.300 bits per heavy atom. The average Bonchev–Trinajstić information content (AvgIpc) is 3.00. The molecule has 0 saturated carbocycles. The highest BCUT2D eigenvalue weighted by Gasteiger charge is 2.34. The van der Waals surface area contributed by atoms with Crippen molar-refractivity contribution >= 4 is 51.6 Å². The van der Waals surface area contributed by atoms with Gasteiger partial charge in [0.2, 0.25) is 0 Å². The van der Waals surface area contributed by atoms with Crippen LogP contribution in [0.3, 0.4) is 0 Å². The van der Waals surface area contributed by atoms with Crippen LogP contribution >= 0.6 is 0 Å². The molecule has 5 rings (SSSR count). The maximum Gasteiger partial charge on any atom is 0.401 e. The first-order valence-corrected chi connectivity index (χ1v) is 18.8. The minimum Gasteiger partial charge on any atom is -0.408 e. The van der Waals surface area contributed by atoms with E-state index in [0.717, 1.165) is 0 Å². The van der Waals surface area contributed by atoms with Crippen molar-refractivity contribution in [3.8, 4) is 0 Å². The molecule has 9 heteroatoms. The topological polar surface area (TPSA) is 121 Å². The molecule has 0 aliphatic carbocycles. The van der Waals surface area contributed by atoms with E-state index in [2.05, 4.69) is 0 Å². The Labute approximate surface area is 238 Å². The third kappa shape index (κ3) is 8.76. The van der Waals surface area contributed by atoms with E-state index in [1.54, 1.807) is 72.8 Å². The molecule has 0 atom stereocenters. The van der Waals surface area contributed by atoms with Crippen molar-refractivity contribution in [3.05, 3.63) is 152 Å². The van der Waals surface area contributed by atoms with Crippen LogP contribution in [0.25, 0.3) is 0 Å². The third-order valence-corrected chi connectivity index (χ3v) is 12.0. The molecule has 0 heterocycles. The Balaban J connectivity index is 0.000000169. The summed E-state index contributed by atoms with van der Waals surface area (Å²) in [6, 6.07) is 44.8. The lowest BCUT2D eigenvalue weighted by molar-refractivity contribution is 0.391. The van der Waals surface area contributed by atoms with Crippen molar-refractivity contribution in [2.75, 3.05) is 0 Å². The molecule has 0 fully saturated rings. The van der Waals surface area contributed by atoms with Crippen LogP contribution in [0.2, 0.25) is 6.55 Å². The Morgan fingerprint density at radius 2 is 0.475 bits per heavy atom. The van der Waals surface area contributed by atoms with Gasteiger partial charge in [-0.1, -0.05) is 152 Å². The summed E-state index contributed by atoms with van der Waals surface area (Å²) in [7, 11) is -9.94. The van der Waals surface area contributed by atoms with Gasteiger partial charge in [0.15, 0.2) is 0 Å². The molecule has 0 unspecified atom stereocenters. The smallest absolute Gasteiger partial charge is 0.401 e. The first kappa shape index (κ1) is 31.0. The predicted octanol–water partition coefficient (Wildman–Crippen LogP) is 0.405. The van der Waals surface area contributed by atoms with Gasteiger partial charge in [-0.3, -0.25) is 0 Å². The van der Waals surface area contributed by atoms with Crippen LogP contribution in [0.1, 0.15) is 0 Å². The van der Waals surface area contributed by atoms with Crippen molar-refractivity contribution in [3.63, 3.8) is 0 Å². The molecule has 0 spiro atoms. The van der Waals surface area contributed by atoms with Gasteiger partial charge in [-0.2, -0.15) is 0 Å². The molecule has 0 aliphatic rings. The molecule has 0 bridgehead atoms. The molecule has 0 amide bonds. The summed E-state index contributed by atoms with van der Waals surface area (Å²) in [5, 5.41) is 3.08. The third-order valence-electron chi connectivity index (χ3n) is 6.03. The second-order valence-corrected chi connectivity index (χ2v) is 16.8. The van der Waals surface area contributed by atoms with Gasteiger partial charge in [0.1, 0.15) is 0 Å². The molecular formula is C31H34O6Si3. The van der Waals surface area contributed by atoms with E-state index in [0.29, 0.717) is 25.9 Å². The Bertz CT molecular complexity index is 1230. The van der Waals surface area contributed by atoms with Crippen molar-refractivity contribution in [2.45, 2.75) is 6.55 Å². The van der Waals surface area contributed by atoms with Gasteiger partial charge in [-0.05, 0) is 32.5 Å². The molecule has 0 radical (unpaired) electrons. The number of hydrogen-bond acceptors (Lipinski definition) is 6. The number of benzene rings is 5. The van der Waals surface area contributed by atoms with Crippen molar-refractivity contribution in [1.82, 2.24) is 0 Å². The second-order valence-electron chi connectivity index (χ2n) is 9.20. The van der Waals surface area contributed by atoms with Crippen molar-refractivity contribution < 1.29 is 28.8 Å². The van der Waals surface area contributed by atoms with E-state index in [-0.39, 0.29) is 0 Å². The molecule has 0 aromatic heterocycles. The molecule has 5 aromatic rings. The lowest BCUT2D eigenvalue weighted by atomic mass is 10.4. The highest BCUT2D eigenvalue weighted by molar-refractivity contribution is 6.90. The summed E-state index contributed by atoms with van der Waals surface area (Å²) in [4.78, 5) is 59.0. The lowest BCUT2D eigenvalue weighted by Crippen LogP contribution is -2.59. The van der Waals surface area contributed by atoms with E-state index >= 15 is 0 Å². The Morgan fingerprint density at radius 3 is 0.625 bits per heavy atom. The van der Waals surface area contributed by atoms with Crippen LogP contribution in [-0.2, 0) is 0 Å². The van der Waals surface area contributed by atoms with Gasteiger partial charge < -0.3 is 28.8 Å². The largest absolute Gasteiger partial charge is 0.408 e. The minimum absolute atomic E-state index is 0.608. The van der Waals surface area contributed by atoms with Crippen LogP contribution in [0.15, 0.2) is 152 Å². The summed E-state index contributed by atoms with van der Waals surface area (Å²) < 4.78 is 0. The van der Waals surface area contributed by atoms with Crippen LogP contribution < -0.4 is 25.9 Å². The standard InChI is InChI=1S/2C12H12O2Si.C7H10O2Si/c2*13-15(14,11-7-3-1-4-8-11)12-9-5-2-6-10-12;1-10(8,9)7-5-3-2-4-6-7/h2*1-10,13-14H;2-6,8-9H,1H3. The second kappa shape index (κ2) is 14.2. The highest BCUT2D eigenvalue weighted by Crippen LogP contribution is 1.99. The molecule has 40 heavy (non-hydrogen) atoms. The van der Waals surface area contributed by atoms with E-state index in [1.165, 1.54) is 6.55 Å². The van der Waals surface area contributed by atoms with Crippen LogP contribution in [0.4, 0.5) is 0 Å². The van der Waals surface area contributed by atoms with E-state index in [4.69, 9.17) is 0 Å². The van der Waals surface area contributed by atoms with Gasteiger partial charge in [-0.15, -0.1) is 0 Å². The fourth-order valence-corrected chi connectivity index (χ4v) is 7.89. The van der Waals surface area contributed by atoms with Gasteiger partial charge in [0.25, 0.3) is 0 Å². The van der Waals surface area contributed by atoms with Crippen LogP contribution in [0.5, 0.6) is 0 Å². The summed E-state index contributed by atoms with van der Waals surface area (Å²) in [5.74, 6) is 0. The maximum absolute atomic E-state index is 10.2. The van der Waals surface area contributed by atoms with Gasteiger partial charge in [-0.25, -0.2) is 0 Å². The normalized spacial score (nSPS) is 11.4. The van der Waals surface area contributed by atoms with E-state index in [9.17, 15) is 28.8 Å². The summed E-state index contributed by atoms with van der Waals surface area (Å²) >= 11 is 0. The number of rotatable bonds is 5. The summed E-state index contributed by atoms with van der Waals surface area (Å²) in [6.07, 6.45) is 0. The first-order valence-electron chi connectivity index (χ1n) is 12.6. The molecular weight excluding hydrogens is 553 g/mol. The quantitative estimate of drug-likeness (QED) is 0.166. The summed E-state index contributed by atoms with van der Waals surface area (Å²) in [5.41, 5.74) is 0. The van der Waals surface area contributed by atoms with Gasteiger partial charge in [0.05, 0.1) is 0 Å². The van der Waals surface area contributed by atoms with Gasteiger partial charge in [0, 0.05) is 0 Å². The fourth-order valence-electron chi connectivity index (χ4n) is 3.77. The Kier molecular flexibility index (Phi) is 11.0. The van der Waals surface area contributed by atoms with Gasteiger partial charge >= 0.3 is 25.7 Å². The zero-order valence-corrected chi connectivity index (χ0v) is 25.1. The Hall–Kier alpha value is -3.49. The molecule has 5 aromatic carbocycles. The molecule has 0 aliphatic heterocycles. The molecule has 206 valence electrons. The first-order chi connectivity index (χ1) is 19.0. The van der Waals surface area contributed by atoms with Crippen LogP contribution in [-0.4, -0.2) is 54.5 Å².